The normalized spacial score (nSPS) is 10.2. The van der Waals surface area contributed by atoms with Gasteiger partial charge in [0.25, 0.3) is 5.91 Å². The highest BCUT2D eigenvalue weighted by molar-refractivity contribution is 5.95. The summed E-state index contributed by atoms with van der Waals surface area (Å²) in [4.78, 5) is 11.9. The molecule has 0 aliphatic carbocycles. The Morgan fingerprint density at radius 1 is 1.53 bits per heavy atom. The van der Waals surface area contributed by atoms with Gasteiger partial charge in [0.2, 0.25) is 0 Å². The summed E-state index contributed by atoms with van der Waals surface area (Å²) in [6.07, 6.45) is 1.58. The van der Waals surface area contributed by atoms with Crippen LogP contribution in [0.25, 0.3) is 0 Å². The minimum absolute atomic E-state index is 0.225. The number of methoxy groups -OCH3 is 1. The Balaban J connectivity index is 2.04. The van der Waals surface area contributed by atoms with Crippen LogP contribution in [0.3, 0.4) is 0 Å². The van der Waals surface area contributed by atoms with Crippen LogP contribution < -0.4 is 15.8 Å². The maximum Gasteiger partial charge on any atom is 0.251 e. The van der Waals surface area contributed by atoms with E-state index in [0.717, 1.165) is 0 Å². The van der Waals surface area contributed by atoms with Gasteiger partial charge in [-0.3, -0.25) is 4.79 Å². The van der Waals surface area contributed by atoms with Crippen molar-refractivity contribution in [2.24, 2.45) is 7.05 Å². The number of anilines is 1. The SMILES string of the molecule is COc1ccc(C(=O)NCc2nncn2C)cc1N. The highest BCUT2D eigenvalue weighted by atomic mass is 16.5. The number of nitrogens with one attached hydrogen (secondary N) is 1. The molecule has 0 saturated carbocycles. The van der Waals surface area contributed by atoms with E-state index < -0.39 is 0 Å². The first kappa shape index (κ1) is 12.9. The second-order valence-electron chi connectivity index (χ2n) is 4.00. The lowest BCUT2D eigenvalue weighted by Gasteiger charge is -2.08. The number of nitrogens with two attached hydrogens (primary N) is 1. The van der Waals surface area contributed by atoms with E-state index in [4.69, 9.17) is 10.5 Å². The van der Waals surface area contributed by atoms with E-state index >= 15 is 0 Å². The van der Waals surface area contributed by atoms with Crippen LogP contribution in [0.4, 0.5) is 5.69 Å². The third-order valence-corrected chi connectivity index (χ3v) is 2.70. The Bertz CT molecular complexity index is 594. The zero-order chi connectivity index (χ0) is 13.8. The van der Waals surface area contributed by atoms with E-state index in [-0.39, 0.29) is 5.91 Å². The number of hydrogen-bond acceptors (Lipinski definition) is 5. The van der Waals surface area contributed by atoms with Crippen molar-refractivity contribution in [2.75, 3.05) is 12.8 Å². The fraction of sp³-hybridized carbons (Fsp3) is 0.250. The van der Waals surface area contributed by atoms with Gasteiger partial charge in [0.05, 0.1) is 19.3 Å². The number of amides is 1. The molecule has 0 radical (unpaired) electrons. The van der Waals surface area contributed by atoms with Crippen molar-refractivity contribution >= 4 is 11.6 Å². The number of rotatable bonds is 4. The Morgan fingerprint density at radius 3 is 2.89 bits per heavy atom. The molecule has 0 saturated heterocycles. The lowest BCUT2D eigenvalue weighted by molar-refractivity contribution is 0.0949. The molecule has 0 fully saturated rings. The fourth-order valence-electron chi connectivity index (χ4n) is 1.60. The molecule has 0 bridgehead atoms. The van der Waals surface area contributed by atoms with Crippen LogP contribution >= 0.6 is 0 Å². The smallest absolute Gasteiger partial charge is 0.251 e. The zero-order valence-corrected chi connectivity index (χ0v) is 10.8. The van der Waals surface area contributed by atoms with Crippen LogP contribution in [0.2, 0.25) is 0 Å². The standard InChI is InChI=1S/C12H15N5O2/c1-17-7-15-16-11(17)6-14-12(18)8-3-4-10(19-2)9(13)5-8/h3-5,7H,6,13H2,1-2H3,(H,14,18). The molecule has 2 aromatic rings. The van der Waals surface area contributed by atoms with Gasteiger partial charge in [-0.15, -0.1) is 10.2 Å². The van der Waals surface area contributed by atoms with Gasteiger partial charge in [-0.1, -0.05) is 0 Å². The lowest BCUT2D eigenvalue weighted by atomic mass is 10.2. The molecule has 0 spiro atoms. The molecule has 0 atom stereocenters. The number of aromatic nitrogens is 3. The summed E-state index contributed by atoms with van der Waals surface area (Å²) in [6, 6.07) is 4.89. The Labute approximate surface area is 110 Å². The van der Waals surface area contributed by atoms with Crippen LogP contribution in [0, 0.1) is 0 Å². The molecule has 0 unspecified atom stereocenters. The second-order valence-corrected chi connectivity index (χ2v) is 4.00. The molecular weight excluding hydrogens is 246 g/mol. The number of nitrogen functional groups attached to an aromatic ring is 1. The monoisotopic (exact) mass is 261 g/mol. The maximum atomic E-state index is 11.9. The van der Waals surface area contributed by atoms with Gasteiger partial charge < -0.3 is 20.4 Å². The molecule has 1 aromatic carbocycles. The Morgan fingerprint density at radius 2 is 2.32 bits per heavy atom. The van der Waals surface area contributed by atoms with Gasteiger partial charge >= 0.3 is 0 Å². The molecule has 2 rings (SSSR count). The topological polar surface area (TPSA) is 95.1 Å². The summed E-state index contributed by atoms with van der Waals surface area (Å²) >= 11 is 0. The molecule has 19 heavy (non-hydrogen) atoms. The van der Waals surface area contributed by atoms with Gasteiger partial charge in [0, 0.05) is 12.6 Å². The third kappa shape index (κ3) is 2.82. The zero-order valence-electron chi connectivity index (χ0n) is 10.8. The number of nitrogens with zero attached hydrogens (tertiary/aromatic N) is 3. The molecular formula is C12H15N5O2. The van der Waals surface area contributed by atoms with Crippen molar-refractivity contribution in [3.63, 3.8) is 0 Å². The van der Waals surface area contributed by atoms with Crippen molar-refractivity contribution in [3.05, 3.63) is 35.9 Å². The highest BCUT2D eigenvalue weighted by Crippen LogP contribution is 2.21. The molecule has 100 valence electrons. The molecule has 1 amide bonds. The lowest BCUT2D eigenvalue weighted by Crippen LogP contribution is -2.24. The summed E-state index contributed by atoms with van der Waals surface area (Å²) in [5.41, 5.74) is 6.65. The molecule has 7 heteroatoms. The number of benzene rings is 1. The summed E-state index contributed by atoms with van der Waals surface area (Å²) in [5, 5.41) is 10.4. The number of ether oxygens (including phenoxy) is 1. The fourth-order valence-corrected chi connectivity index (χ4v) is 1.60. The molecule has 1 heterocycles. The number of aryl methyl sites for hydroxylation is 1. The molecule has 0 aliphatic rings. The molecule has 7 nitrogen and oxygen atoms in total. The van der Waals surface area contributed by atoms with Gasteiger partial charge in [-0.25, -0.2) is 0 Å². The Hall–Kier alpha value is -2.57. The van der Waals surface area contributed by atoms with Crippen molar-refractivity contribution in [2.45, 2.75) is 6.54 Å². The van der Waals surface area contributed by atoms with E-state index in [1.54, 1.807) is 29.1 Å². The summed E-state index contributed by atoms with van der Waals surface area (Å²) in [5.74, 6) is 0.997. The first-order valence-corrected chi connectivity index (χ1v) is 5.66. The van der Waals surface area contributed by atoms with Crippen LogP contribution in [-0.4, -0.2) is 27.8 Å². The van der Waals surface area contributed by atoms with Crippen LogP contribution in [-0.2, 0) is 13.6 Å². The van der Waals surface area contributed by atoms with Crippen LogP contribution in [0.5, 0.6) is 5.75 Å². The van der Waals surface area contributed by atoms with Gasteiger partial charge in [0.1, 0.15) is 12.1 Å². The van der Waals surface area contributed by atoms with E-state index in [0.29, 0.717) is 29.4 Å². The van der Waals surface area contributed by atoms with Crippen molar-refractivity contribution in [1.29, 1.82) is 0 Å². The van der Waals surface area contributed by atoms with Crippen LogP contribution in [0.15, 0.2) is 24.5 Å². The van der Waals surface area contributed by atoms with E-state index in [1.807, 2.05) is 7.05 Å². The average molecular weight is 261 g/mol. The molecule has 0 aliphatic heterocycles. The summed E-state index contributed by atoms with van der Waals surface area (Å²) in [6.45, 7) is 0.307. The predicted octanol–water partition coefficient (Wildman–Crippen LogP) is 0.336. The average Bonchev–Trinajstić information content (AvgIpc) is 2.81. The van der Waals surface area contributed by atoms with Crippen LogP contribution in [0.1, 0.15) is 16.2 Å². The number of carbonyl (C=O) groups is 1. The largest absolute Gasteiger partial charge is 0.495 e. The van der Waals surface area contributed by atoms with E-state index in [9.17, 15) is 4.79 Å². The Kier molecular flexibility index (Phi) is 3.65. The predicted molar refractivity (Wildman–Crippen MR) is 69.6 cm³/mol. The van der Waals surface area contributed by atoms with Gasteiger partial charge in [-0.2, -0.15) is 0 Å². The first-order valence-electron chi connectivity index (χ1n) is 5.66. The minimum atomic E-state index is -0.225. The minimum Gasteiger partial charge on any atom is -0.495 e. The number of carbonyl (C=O) groups excluding carboxylic acids is 1. The molecule has 1 aromatic heterocycles. The third-order valence-electron chi connectivity index (χ3n) is 2.70. The van der Waals surface area contributed by atoms with Gasteiger partial charge in [-0.05, 0) is 18.2 Å². The van der Waals surface area contributed by atoms with Crippen molar-refractivity contribution in [1.82, 2.24) is 20.1 Å². The van der Waals surface area contributed by atoms with E-state index in [2.05, 4.69) is 15.5 Å². The summed E-state index contributed by atoms with van der Waals surface area (Å²) in [7, 11) is 3.34. The first-order chi connectivity index (χ1) is 9.11. The number of hydrogen-bond donors (Lipinski definition) is 2. The second kappa shape index (κ2) is 5.38. The van der Waals surface area contributed by atoms with Crippen molar-refractivity contribution in [3.8, 4) is 5.75 Å². The highest BCUT2D eigenvalue weighted by Gasteiger charge is 2.09. The summed E-state index contributed by atoms with van der Waals surface area (Å²) < 4.78 is 6.77. The maximum absolute atomic E-state index is 11.9. The van der Waals surface area contributed by atoms with E-state index in [1.165, 1.54) is 7.11 Å². The quantitative estimate of drug-likeness (QED) is 0.774. The van der Waals surface area contributed by atoms with Gasteiger partial charge in [0.15, 0.2) is 5.82 Å². The van der Waals surface area contributed by atoms with Crippen molar-refractivity contribution < 1.29 is 9.53 Å². The molecule has 3 N–H and O–H groups in total.